The molecule has 0 aliphatic rings. The van der Waals surface area contributed by atoms with Crippen molar-refractivity contribution in [2.45, 2.75) is 18.3 Å². The van der Waals surface area contributed by atoms with Crippen molar-refractivity contribution in [3.63, 3.8) is 0 Å². The molecule has 0 heterocycles. The minimum Gasteiger partial charge on any atom is -0.547 e. The smallest absolute Gasteiger partial charge is 0.547 e. The Kier molecular flexibility index (Phi) is 13.1. The Morgan fingerprint density at radius 2 is 1.07 bits per heavy atom. The standard InChI is InChI=1S/C5H8O7.2Na/c6-1(2(7)4(9)10)3(8)5(11)12;;/h1-3,6-8H,(H,9,10)(H,11,12);;/q;2*+1/p-2. The Labute approximate surface area is 123 Å². The molecule has 0 radical (unpaired) electrons. The van der Waals surface area contributed by atoms with E-state index in [1.807, 2.05) is 0 Å². The normalized spacial score (nSPS) is 15.4. The van der Waals surface area contributed by atoms with Gasteiger partial charge in [-0.05, 0) is 0 Å². The number of aliphatic carboxylic acids is 2. The molecule has 0 saturated carbocycles. The first kappa shape index (κ1) is 20.3. The Morgan fingerprint density at radius 1 is 0.857 bits per heavy atom. The summed E-state index contributed by atoms with van der Waals surface area (Å²) in [7, 11) is 0. The third-order valence-electron chi connectivity index (χ3n) is 1.13. The molecule has 0 saturated heterocycles. The van der Waals surface area contributed by atoms with E-state index in [0.29, 0.717) is 0 Å². The van der Waals surface area contributed by atoms with Crippen LogP contribution < -0.4 is 69.3 Å². The van der Waals surface area contributed by atoms with E-state index < -0.39 is 30.3 Å². The molecule has 2 atom stereocenters. The Balaban J connectivity index is -0.000000605. The van der Waals surface area contributed by atoms with Gasteiger partial charge < -0.3 is 35.1 Å². The molecule has 7 nitrogen and oxygen atoms in total. The summed E-state index contributed by atoms with van der Waals surface area (Å²) >= 11 is 0. The maximum atomic E-state index is 9.82. The van der Waals surface area contributed by atoms with Crippen LogP contribution in [0.5, 0.6) is 0 Å². The van der Waals surface area contributed by atoms with Crippen LogP contribution in [0.1, 0.15) is 0 Å². The SMILES string of the molecule is O=C([O-])C(O)C(O)C(O)C(=O)[O-].[Na+].[Na+]. The van der Waals surface area contributed by atoms with Gasteiger partial charge in [0.25, 0.3) is 0 Å². The van der Waals surface area contributed by atoms with Crippen molar-refractivity contribution < 1.29 is 94.2 Å². The van der Waals surface area contributed by atoms with Crippen molar-refractivity contribution >= 4 is 11.9 Å². The molecule has 0 aromatic carbocycles. The third-order valence-corrected chi connectivity index (χ3v) is 1.13. The second kappa shape index (κ2) is 9.08. The van der Waals surface area contributed by atoms with E-state index in [0.717, 1.165) is 0 Å². The van der Waals surface area contributed by atoms with Crippen LogP contribution in [0.3, 0.4) is 0 Å². The summed E-state index contributed by atoms with van der Waals surface area (Å²) in [6.07, 6.45) is -7.28. The summed E-state index contributed by atoms with van der Waals surface area (Å²) < 4.78 is 0. The van der Waals surface area contributed by atoms with Gasteiger partial charge in [0.15, 0.2) is 0 Å². The van der Waals surface area contributed by atoms with Crippen LogP contribution in [0.2, 0.25) is 0 Å². The van der Waals surface area contributed by atoms with Gasteiger partial charge in [0, 0.05) is 0 Å². The van der Waals surface area contributed by atoms with Gasteiger partial charge in [0.05, 0.1) is 11.9 Å². The molecule has 9 heteroatoms. The van der Waals surface area contributed by atoms with E-state index in [-0.39, 0.29) is 59.1 Å². The van der Waals surface area contributed by atoms with Gasteiger partial charge in [-0.25, -0.2) is 0 Å². The summed E-state index contributed by atoms with van der Waals surface area (Å²) in [5.41, 5.74) is 0. The monoisotopic (exact) mass is 224 g/mol. The van der Waals surface area contributed by atoms with Gasteiger partial charge in [-0.1, -0.05) is 0 Å². The second-order valence-electron chi connectivity index (χ2n) is 2.02. The molecule has 0 rings (SSSR count). The van der Waals surface area contributed by atoms with E-state index in [1.165, 1.54) is 0 Å². The fourth-order valence-electron chi connectivity index (χ4n) is 0.452. The topological polar surface area (TPSA) is 141 Å². The Morgan fingerprint density at radius 3 is 1.21 bits per heavy atom. The maximum Gasteiger partial charge on any atom is 1.00 e. The number of aliphatic hydroxyl groups excluding tert-OH is 3. The average molecular weight is 224 g/mol. The van der Waals surface area contributed by atoms with Gasteiger partial charge in [-0.15, -0.1) is 0 Å². The predicted molar refractivity (Wildman–Crippen MR) is 28.0 cm³/mol. The minimum atomic E-state index is -2.46. The number of carbonyl (C=O) groups is 2. The molecular formula is C5H6Na2O7. The van der Waals surface area contributed by atoms with Gasteiger partial charge in [-0.2, -0.15) is 0 Å². The largest absolute Gasteiger partial charge is 1.00 e. The molecule has 0 fully saturated rings. The molecule has 14 heavy (non-hydrogen) atoms. The molecule has 2 unspecified atom stereocenters. The first-order chi connectivity index (χ1) is 5.37. The van der Waals surface area contributed by atoms with Crippen molar-refractivity contribution in [1.82, 2.24) is 0 Å². The number of carboxylic acids is 2. The summed E-state index contributed by atoms with van der Waals surface area (Å²) in [6.45, 7) is 0. The number of carboxylic acid groups (broad SMARTS) is 2. The summed E-state index contributed by atoms with van der Waals surface area (Å²) in [6, 6.07) is 0. The van der Waals surface area contributed by atoms with Crippen LogP contribution in [0.25, 0.3) is 0 Å². The van der Waals surface area contributed by atoms with E-state index in [1.54, 1.807) is 0 Å². The van der Waals surface area contributed by atoms with E-state index in [4.69, 9.17) is 15.3 Å². The zero-order valence-electron chi connectivity index (χ0n) is 7.71. The Bertz CT molecular complexity index is 177. The average Bonchev–Trinajstić information content (AvgIpc) is 2.00. The third kappa shape index (κ3) is 6.33. The molecule has 70 valence electrons. The van der Waals surface area contributed by atoms with Gasteiger partial charge in [0.1, 0.15) is 18.3 Å². The number of carbonyl (C=O) groups excluding carboxylic acids is 2. The molecular weight excluding hydrogens is 218 g/mol. The summed E-state index contributed by atoms with van der Waals surface area (Å²) in [4.78, 5) is 19.6. The molecule has 0 aromatic heterocycles. The predicted octanol–water partition coefficient (Wildman–Crippen LogP) is -11.4. The van der Waals surface area contributed by atoms with Crippen LogP contribution in [0, 0.1) is 0 Å². The number of aliphatic hydroxyl groups is 3. The number of hydrogen-bond acceptors (Lipinski definition) is 7. The molecule has 0 aliphatic carbocycles. The van der Waals surface area contributed by atoms with Gasteiger partial charge in [0.2, 0.25) is 0 Å². The zero-order chi connectivity index (χ0) is 9.89. The van der Waals surface area contributed by atoms with Gasteiger partial charge >= 0.3 is 59.1 Å². The number of hydrogen-bond donors (Lipinski definition) is 3. The van der Waals surface area contributed by atoms with E-state index in [9.17, 15) is 19.8 Å². The first-order valence-electron chi connectivity index (χ1n) is 2.84. The fourth-order valence-corrected chi connectivity index (χ4v) is 0.452. The molecule has 3 N–H and O–H groups in total. The van der Waals surface area contributed by atoms with Crippen molar-refractivity contribution in [3.8, 4) is 0 Å². The first-order valence-corrected chi connectivity index (χ1v) is 2.84. The Hall–Kier alpha value is 0.820. The van der Waals surface area contributed by atoms with E-state index >= 15 is 0 Å². The van der Waals surface area contributed by atoms with Crippen LogP contribution in [0.4, 0.5) is 0 Å². The summed E-state index contributed by atoms with van der Waals surface area (Å²) in [5.74, 6) is -4.16. The van der Waals surface area contributed by atoms with Crippen molar-refractivity contribution in [3.05, 3.63) is 0 Å². The molecule has 0 spiro atoms. The van der Waals surface area contributed by atoms with Crippen LogP contribution in [0.15, 0.2) is 0 Å². The zero-order valence-corrected chi connectivity index (χ0v) is 11.7. The van der Waals surface area contributed by atoms with Crippen LogP contribution >= 0.6 is 0 Å². The minimum absolute atomic E-state index is 0. The molecule has 0 bridgehead atoms. The number of rotatable bonds is 4. The fraction of sp³-hybridized carbons (Fsp3) is 0.600. The molecule has 0 aromatic rings. The van der Waals surface area contributed by atoms with Gasteiger partial charge in [-0.3, -0.25) is 0 Å². The van der Waals surface area contributed by atoms with Crippen LogP contribution in [-0.4, -0.2) is 45.6 Å². The van der Waals surface area contributed by atoms with Crippen molar-refractivity contribution in [2.75, 3.05) is 0 Å². The van der Waals surface area contributed by atoms with E-state index in [2.05, 4.69) is 0 Å². The van der Waals surface area contributed by atoms with Crippen molar-refractivity contribution in [1.29, 1.82) is 0 Å². The quantitative estimate of drug-likeness (QED) is 0.402. The maximum absolute atomic E-state index is 9.82. The second-order valence-corrected chi connectivity index (χ2v) is 2.02. The van der Waals surface area contributed by atoms with Crippen LogP contribution in [-0.2, 0) is 9.59 Å². The summed E-state index contributed by atoms with van der Waals surface area (Å²) in [5, 5.41) is 45.1. The van der Waals surface area contributed by atoms with Crippen molar-refractivity contribution in [2.24, 2.45) is 0 Å². The molecule has 0 amide bonds. The molecule has 0 aliphatic heterocycles.